The van der Waals surface area contributed by atoms with Crippen molar-refractivity contribution in [2.24, 2.45) is 11.7 Å². The Bertz CT molecular complexity index is 879. The van der Waals surface area contributed by atoms with E-state index >= 15 is 0 Å². The van der Waals surface area contributed by atoms with E-state index in [1.807, 2.05) is 13.8 Å². The fraction of sp³-hybridized carbons (Fsp3) is 0.520. The molecule has 0 aromatic heterocycles. The molecule has 0 bridgehead atoms. The number of carboxylic acid groups (broad SMARTS) is 1. The number of esters is 1. The second-order valence-electron chi connectivity index (χ2n) is 8.85. The molecule has 2 heterocycles. The summed E-state index contributed by atoms with van der Waals surface area (Å²) >= 11 is 0. The normalized spacial score (nSPS) is 35.6. The lowest BCUT2D eigenvalue weighted by Gasteiger charge is -2.42. The highest BCUT2D eigenvalue weighted by atomic mass is 16.6. The quantitative estimate of drug-likeness (QED) is 0.168. The van der Waals surface area contributed by atoms with Crippen molar-refractivity contribution in [2.75, 3.05) is 13.7 Å². The first-order chi connectivity index (χ1) is 15.7. The van der Waals surface area contributed by atoms with Crippen LogP contribution in [0.15, 0.2) is 60.3 Å². The molecule has 3 rings (SSSR count). The molecule has 0 unspecified atom stereocenters. The molecule has 2 saturated heterocycles. The third-order valence-electron chi connectivity index (χ3n) is 6.21. The SMILES string of the molecule is CO[C@@H]1[C@H](OC(=O)/C=C/C=C/C=C/C=C/C(=O)O)CC[C@]2(CO2)[C@H]1[C@@]1(N)O[C@@H]1CC=C(C)C. The fourth-order valence-corrected chi connectivity index (χ4v) is 4.50. The summed E-state index contributed by atoms with van der Waals surface area (Å²) in [5.74, 6) is -1.72. The summed E-state index contributed by atoms with van der Waals surface area (Å²) in [7, 11) is 1.60. The molecule has 0 aromatic rings. The average molecular weight is 460 g/mol. The van der Waals surface area contributed by atoms with Crippen molar-refractivity contribution in [3.63, 3.8) is 0 Å². The maximum Gasteiger partial charge on any atom is 0.331 e. The molecule has 1 saturated carbocycles. The number of epoxide rings is 2. The molecule has 8 heteroatoms. The van der Waals surface area contributed by atoms with Crippen LogP contribution in [0.2, 0.25) is 0 Å². The number of aliphatic carboxylic acids is 1. The van der Waals surface area contributed by atoms with Gasteiger partial charge in [0.05, 0.1) is 12.5 Å². The first kappa shape index (κ1) is 25.1. The number of hydrogen-bond acceptors (Lipinski definition) is 7. The van der Waals surface area contributed by atoms with Gasteiger partial charge in [0.1, 0.15) is 23.9 Å². The van der Waals surface area contributed by atoms with Gasteiger partial charge in [0.2, 0.25) is 0 Å². The van der Waals surface area contributed by atoms with Crippen molar-refractivity contribution in [2.45, 2.75) is 62.7 Å². The standard InChI is InChI=1S/C25H33NO7/c1-17(2)12-13-19-25(26,33-19)23-22(30-3)18(14-15-24(23)16-31-24)32-21(29)11-9-7-5-4-6-8-10-20(27)28/h4-12,18-19,22-23H,13-16,26H2,1-3H3,(H,27,28)/b6-4+,7-5+,10-8+,11-9+/t18-,19-,22-,23+,24+,25+/m1/s1. The van der Waals surface area contributed by atoms with E-state index in [0.717, 1.165) is 18.9 Å². The van der Waals surface area contributed by atoms with Crippen molar-refractivity contribution >= 4 is 11.9 Å². The zero-order valence-electron chi connectivity index (χ0n) is 19.3. The van der Waals surface area contributed by atoms with Gasteiger partial charge in [-0.15, -0.1) is 0 Å². The van der Waals surface area contributed by atoms with Crippen LogP contribution < -0.4 is 5.73 Å². The second-order valence-corrected chi connectivity index (χ2v) is 8.85. The number of allylic oxidation sites excluding steroid dienone is 7. The van der Waals surface area contributed by atoms with Gasteiger partial charge >= 0.3 is 11.9 Å². The van der Waals surface area contributed by atoms with Gasteiger partial charge in [-0.2, -0.15) is 0 Å². The Kier molecular flexibility index (Phi) is 8.07. The van der Waals surface area contributed by atoms with Crippen LogP contribution in [-0.4, -0.2) is 60.4 Å². The summed E-state index contributed by atoms with van der Waals surface area (Å²) in [6.07, 6.45) is 15.1. The third-order valence-corrected chi connectivity index (χ3v) is 6.21. The Morgan fingerprint density at radius 1 is 1.12 bits per heavy atom. The minimum absolute atomic E-state index is 0.117. The number of hydrogen-bond donors (Lipinski definition) is 2. The molecule has 3 aliphatic rings. The van der Waals surface area contributed by atoms with Gasteiger partial charge in [-0.1, -0.05) is 48.1 Å². The lowest BCUT2D eigenvalue weighted by molar-refractivity contribution is -0.167. The number of rotatable bonds is 10. The maximum atomic E-state index is 12.4. The van der Waals surface area contributed by atoms with Crippen LogP contribution in [-0.2, 0) is 28.5 Å². The average Bonchev–Trinajstić information content (AvgIpc) is 3.67. The van der Waals surface area contributed by atoms with Crippen molar-refractivity contribution in [3.8, 4) is 0 Å². The van der Waals surface area contributed by atoms with Crippen LogP contribution in [0.1, 0.15) is 33.1 Å². The Balaban J connectivity index is 1.59. The fourth-order valence-electron chi connectivity index (χ4n) is 4.50. The van der Waals surface area contributed by atoms with Gasteiger partial charge in [-0.25, -0.2) is 9.59 Å². The number of methoxy groups -OCH3 is 1. The first-order valence-electron chi connectivity index (χ1n) is 11.1. The van der Waals surface area contributed by atoms with E-state index in [1.165, 1.54) is 17.7 Å². The molecule has 3 fully saturated rings. The van der Waals surface area contributed by atoms with Crippen LogP contribution >= 0.6 is 0 Å². The minimum atomic E-state index is -1.01. The van der Waals surface area contributed by atoms with Gasteiger partial charge in [-0.3, -0.25) is 0 Å². The van der Waals surface area contributed by atoms with Crippen LogP contribution in [0, 0.1) is 5.92 Å². The van der Waals surface area contributed by atoms with Gasteiger partial charge in [0.25, 0.3) is 0 Å². The molecule has 2 aliphatic heterocycles. The van der Waals surface area contributed by atoms with E-state index in [4.69, 9.17) is 29.8 Å². The van der Waals surface area contributed by atoms with Gasteiger partial charge < -0.3 is 29.8 Å². The van der Waals surface area contributed by atoms with E-state index in [9.17, 15) is 9.59 Å². The molecular weight excluding hydrogens is 426 g/mol. The van der Waals surface area contributed by atoms with Crippen molar-refractivity contribution in [1.29, 1.82) is 0 Å². The Morgan fingerprint density at radius 2 is 1.76 bits per heavy atom. The van der Waals surface area contributed by atoms with Gasteiger partial charge in [0, 0.05) is 19.3 Å². The van der Waals surface area contributed by atoms with Crippen molar-refractivity contribution in [1.82, 2.24) is 0 Å². The highest BCUT2D eigenvalue weighted by Gasteiger charge is 2.73. The number of carbonyl (C=O) groups is 2. The molecule has 1 aliphatic carbocycles. The summed E-state index contributed by atoms with van der Waals surface area (Å²) in [6.45, 7) is 4.68. The number of carboxylic acids is 1. The Hall–Kier alpha value is -2.52. The van der Waals surface area contributed by atoms with E-state index < -0.39 is 29.9 Å². The predicted molar refractivity (Wildman–Crippen MR) is 122 cm³/mol. The summed E-state index contributed by atoms with van der Waals surface area (Å²) in [4.78, 5) is 22.8. The van der Waals surface area contributed by atoms with Crippen LogP contribution in [0.3, 0.4) is 0 Å². The molecule has 8 nitrogen and oxygen atoms in total. The summed E-state index contributed by atoms with van der Waals surface area (Å²) < 4.78 is 23.3. The molecule has 180 valence electrons. The number of carbonyl (C=O) groups excluding carboxylic acids is 1. The predicted octanol–water partition coefficient (Wildman–Crippen LogP) is 2.81. The monoisotopic (exact) mass is 459 g/mol. The van der Waals surface area contributed by atoms with Crippen molar-refractivity contribution in [3.05, 3.63) is 60.3 Å². The zero-order valence-corrected chi connectivity index (χ0v) is 19.3. The molecular formula is C25H33NO7. The second kappa shape index (κ2) is 10.6. The lowest BCUT2D eigenvalue weighted by atomic mass is 9.70. The Morgan fingerprint density at radius 3 is 2.33 bits per heavy atom. The lowest BCUT2D eigenvalue weighted by Crippen LogP contribution is -2.59. The summed E-state index contributed by atoms with van der Waals surface area (Å²) in [5.41, 5.74) is 6.63. The summed E-state index contributed by atoms with van der Waals surface area (Å²) in [5, 5.41) is 8.51. The van der Waals surface area contributed by atoms with Crippen molar-refractivity contribution < 1.29 is 33.6 Å². The molecule has 0 amide bonds. The first-order valence-corrected chi connectivity index (χ1v) is 11.1. The van der Waals surface area contributed by atoms with Gasteiger partial charge in [0.15, 0.2) is 5.72 Å². The molecule has 33 heavy (non-hydrogen) atoms. The molecule has 0 aromatic carbocycles. The number of ether oxygens (including phenoxy) is 4. The van der Waals surface area contributed by atoms with Gasteiger partial charge in [-0.05, 0) is 33.1 Å². The highest BCUT2D eigenvalue weighted by molar-refractivity contribution is 5.82. The topological polar surface area (TPSA) is 124 Å². The largest absolute Gasteiger partial charge is 0.478 e. The summed E-state index contributed by atoms with van der Waals surface area (Å²) in [6, 6.07) is 0. The number of nitrogens with two attached hydrogens (primary N) is 1. The smallest absolute Gasteiger partial charge is 0.331 e. The van der Waals surface area contributed by atoms with E-state index in [-0.39, 0.29) is 17.6 Å². The minimum Gasteiger partial charge on any atom is -0.478 e. The third kappa shape index (κ3) is 6.29. The van der Waals surface area contributed by atoms with E-state index in [1.54, 1.807) is 37.5 Å². The molecule has 6 atom stereocenters. The Labute approximate surface area is 194 Å². The van der Waals surface area contributed by atoms with E-state index in [2.05, 4.69) is 6.08 Å². The highest BCUT2D eigenvalue weighted by Crippen LogP contribution is 2.57. The van der Waals surface area contributed by atoms with Crippen LogP contribution in [0.4, 0.5) is 0 Å². The molecule has 3 N–H and O–H groups in total. The zero-order chi connectivity index (χ0) is 24.1. The van der Waals surface area contributed by atoms with E-state index in [0.29, 0.717) is 13.0 Å². The molecule has 0 radical (unpaired) electrons. The van der Waals surface area contributed by atoms with Crippen LogP contribution in [0.5, 0.6) is 0 Å². The maximum absolute atomic E-state index is 12.4. The molecule has 1 spiro atoms. The van der Waals surface area contributed by atoms with Crippen LogP contribution in [0.25, 0.3) is 0 Å².